The van der Waals surface area contributed by atoms with Gasteiger partial charge < -0.3 is 10.5 Å². The van der Waals surface area contributed by atoms with Crippen molar-refractivity contribution in [2.24, 2.45) is 5.73 Å². The van der Waals surface area contributed by atoms with Crippen LogP contribution in [0.2, 0.25) is 0 Å². The Hall–Kier alpha value is -1.76. The zero-order chi connectivity index (χ0) is 18.4. The van der Waals surface area contributed by atoms with Gasteiger partial charge in [-0.1, -0.05) is 56.1 Å². The second kappa shape index (κ2) is 9.26. The first-order valence-corrected chi connectivity index (χ1v) is 9.98. The summed E-state index contributed by atoms with van der Waals surface area (Å²) in [5, 5.41) is 0. The zero-order valence-corrected chi connectivity index (χ0v) is 17.3. The molecule has 0 fully saturated rings. The van der Waals surface area contributed by atoms with Crippen LogP contribution in [0.15, 0.2) is 63.7 Å². The van der Waals surface area contributed by atoms with E-state index < -0.39 is 0 Å². The molecule has 0 unspecified atom stereocenters. The van der Waals surface area contributed by atoms with Crippen LogP contribution in [0.5, 0.6) is 5.88 Å². The van der Waals surface area contributed by atoms with E-state index in [-0.39, 0.29) is 0 Å². The van der Waals surface area contributed by atoms with Crippen LogP contribution in [0.25, 0.3) is 22.5 Å². The number of hydrogen-bond acceptors (Lipinski definition) is 4. The van der Waals surface area contributed by atoms with Crippen LogP contribution >= 0.6 is 31.9 Å². The topological polar surface area (TPSA) is 61.0 Å². The first kappa shape index (κ1) is 19.0. The molecule has 0 saturated carbocycles. The van der Waals surface area contributed by atoms with Crippen molar-refractivity contribution >= 4 is 31.9 Å². The molecule has 1 heterocycles. The molecule has 0 amide bonds. The van der Waals surface area contributed by atoms with Gasteiger partial charge in [0, 0.05) is 20.1 Å². The Balaban J connectivity index is 1.97. The third-order valence-corrected chi connectivity index (χ3v) is 4.89. The predicted molar refractivity (Wildman–Crippen MR) is 112 cm³/mol. The number of unbranched alkanes of at least 4 members (excludes halogenated alkanes) is 1. The highest BCUT2D eigenvalue weighted by molar-refractivity contribution is 9.10. The Morgan fingerprint density at radius 3 is 1.96 bits per heavy atom. The van der Waals surface area contributed by atoms with E-state index in [1.54, 1.807) is 6.20 Å². The molecule has 0 spiro atoms. The van der Waals surface area contributed by atoms with Gasteiger partial charge in [0.25, 0.3) is 0 Å². The maximum Gasteiger partial charge on any atom is 0.232 e. The van der Waals surface area contributed by atoms with Gasteiger partial charge in [-0.05, 0) is 43.7 Å². The highest BCUT2D eigenvalue weighted by Crippen LogP contribution is 2.31. The zero-order valence-electron chi connectivity index (χ0n) is 14.2. The number of benzene rings is 2. The molecule has 2 N–H and O–H groups in total. The standard InChI is InChI=1S/C20H19Br2N3O/c21-16-7-3-14(4-8-16)19-20(15-5-9-17(22)10-6-15)25-18(13-24-19)26-12-2-1-11-23/h3-10,13H,1-2,11-12,23H2. The number of hydrogen-bond donors (Lipinski definition) is 1. The average molecular weight is 477 g/mol. The largest absolute Gasteiger partial charge is 0.477 e. The van der Waals surface area contributed by atoms with Crippen LogP contribution in [0, 0.1) is 0 Å². The maximum absolute atomic E-state index is 5.76. The van der Waals surface area contributed by atoms with Gasteiger partial charge in [0.05, 0.1) is 18.5 Å². The van der Waals surface area contributed by atoms with Gasteiger partial charge in [-0.2, -0.15) is 0 Å². The Kier molecular flexibility index (Phi) is 6.77. The molecule has 0 atom stereocenters. The normalized spacial score (nSPS) is 10.7. The van der Waals surface area contributed by atoms with Gasteiger partial charge in [0.15, 0.2) is 0 Å². The van der Waals surface area contributed by atoms with Gasteiger partial charge in [-0.15, -0.1) is 0 Å². The maximum atomic E-state index is 5.76. The third kappa shape index (κ3) is 4.90. The minimum atomic E-state index is 0.529. The molecule has 0 bridgehead atoms. The Labute approximate surface area is 170 Å². The van der Waals surface area contributed by atoms with Crippen LogP contribution in [-0.2, 0) is 0 Å². The molecular weight excluding hydrogens is 458 g/mol. The van der Waals surface area contributed by atoms with Crippen LogP contribution in [0.4, 0.5) is 0 Å². The molecule has 26 heavy (non-hydrogen) atoms. The van der Waals surface area contributed by atoms with E-state index in [2.05, 4.69) is 36.8 Å². The Morgan fingerprint density at radius 1 is 0.808 bits per heavy atom. The number of aromatic nitrogens is 2. The summed E-state index contributed by atoms with van der Waals surface area (Å²) < 4.78 is 7.81. The number of halogens is 2. The highest BCUT2D eigenvalue weighted by atomic mass is 79.9. The quantitative estimate of drug-likeness (QED) is 0.460. The summed E-state index contributed by atoms with van der Waals surface area (Å²) in [6.45, 7) is 1.25. The second-order valence-electron chi connectivity index (χ2n) is 5.76. The van der Waals surface area contributed by atoms with Crippen LogP contribution in [0.3, 0.4) is 0 Å². The highest BCUT2D eigenvalue weighted by Gasteiger charge is 2.13. The van der Waals surface area contributed by atoms with E-state index in [9.17, 15) is 0 Å². The van der Waals surface area contributed by atoms with Crippen LogP contribution in [0.1, 0.15) is 12.8 Å². The minimum absolute atomic E-state index is 0.529. The third-order valence-electron chi connectivity index (χ3n) is 3.83. The lowest BCUT2D eigenvalue weighted by atomic mass is 10.0. The molecule has 3 rings (SSSR count). The van der Waals surface area contributed by atoms with Crippen molar-refractivity contribution < 1.29 is 4.74 Å². The van der Waals surface area contributed by atoms with Gasteiger partial charge in [-0.25, -0.2) is 9.97 Å². The SMILES string of the molecule is NCCCCOc1cnc(-c2ccc(Br)cc2)c(-c2ccc(Br)cc2)n1. The van der Waals surface area contributed by atoms with Crippen molar-refractivity contribution in [2.45, 2.75) is 12.8 Å². The van der Waals surface area contributed by atoms with Crippen LogP contribution < -0.4 is 10.5 Å². The molecular formula is C20H19Br2N3O. The van der Waals surface area contributed by atoms with Gasteiger partial charge >= 0.3 is 0 Å². The van der Waals surface area contributed by atoms with E-state index in [0.717, 1.165) is 44.3 Å². The smallest absolute Gasteiger partial charge is 0.232 e. The molecule has 2 aromatic carbocycles. The van der Waals surface area contributed by atoms with Crippen molar-refractivity contribution in [3.8, 4) is 28.4 Å². The molecule has 6 heteroatoms. The summed E-state index contributed by atoms with van der Waals surface area (Å²) in [6, 6.07) is 16.1. The molecule has 1 aromatic heterocycles. The fraction of sp³-hybridized carbons (Fsp3) is 0.200. The number of ether oxygens (including phenoxy) is 1. The van der Waals surface area contributed by atoms with Crippen molar-refractivity contribution in [1.82, 2.24) is 9.97 Å². The average Bonchev–Trinajstić information content (AvgIpc) is 2.67. The molecule has 134 valence electrons. The summed E-state index contributed by atoms with van der Waals surface area (Å²) in [6.07, 6.45) is 3.52. The molecule has 0 radical (unpaired) electrons. The fourth-order valence-corrected chi connectivity index (χ4v) is 3.02. The number of nitrogens with two attached hydrogens (primary N) is 1. The molecule has 4 nitrogen and oxygen atoms in total. The molecule has 0 aliphatic carbocycles. The van der Waals surface area contributed by atoms with E-state index in [4.69, 9.17) is 15.5 Å². The van der Waals surface area contributed by atoms with Crippen molar-refractivity contribution in [2.75, 3.05) is 13.2 Å². The summed E-state index contributed by atoms with van der Waals surface area (Å²) >= 11 is 6.95. The van der Waals surface area contributed by atoms with Crippen molar-refractivity contribution in [3.63, 3.8) is 0 Å². The molecule has 0 aliphatic heterocycles. The summed E-state index contributed by atoms with van der Waals surface area (Å²) in [7, 11) is 0. The molecule has 0 saturated heterocycles. The van der Waals surface area contributed by atoms with Gasteiger partial charge in [0.2, 0.25) is 5.88 Å². The summed E-state index contributed by atoms with van der Waals surface area (Å²) in [4.78, 5) is 9.36. The lowest BCUT2D eigenvalue weighted by Gasteiger charge is -2.12. The molecule has 0 aliphatic rings. The van der Waals surface area contributed by atoms with E-state index in [1.165, 1.54) is 0 Å². The minimum Gasteiger partial charge on any atom is -0.477 e. The Bertz CT molecular complexity index is 852. The van der Waals surface area contributed by atoms with Gasteiger partial charge in [-0.3, -0.25) is 0 Å². The van der Waals surface area contributed by atoms with Crippen LogP contribution in [-0.4, -0.2) is 23.1 Å². The first-order chi connectivity index (χ1) is 12.7. The molecule has 3 aromatic rings. The Morgan fingerprint density at radius 2 is 1.38 bits per heavy atom. The van der Waals surface area contributed by atoms with E-state index >= 15 is 0 Å². The fourth-order valence-electron chi connectivity index (χ4n) is 2.49. The first-order valence-electron chi connectivity index (χ1n) is 8.39. The summed E-state index contributed by atoms with van der Waals surface area (Å²) in [5.41, 5.74) is 9.15. The van der Waals surface area contributed by atoms with Crippen molar-refractivity contribution in [3.05, 3.63) is 63.7 Å². The second-order valence-corrected chi connectivity index (χ2v) is 7.59. The lowest BCUT2D eigenvalue weighted by molar-refractivity contribution is 0.295. The monoisotopic (exact) mass is 475 g/mol. The number of rotatable bonds is 7. The van der Waals surface area contributed by atoms with Crippen molar-refractivity contribution in [1.29, 1.82) is 0 Å². The van der Waals surface area contributed by atoms with E-state index in [1.807, 2.05) is 48.5 Å². The van der Waals surface area contributed by atoms with Gasteiger partial charge in [0.1, 0.15) is 5.69 Å². The lowest BCUT2D eigenvalue weighted by Crippen LogP contribution is -2.05. The number of nitrogens with zero attached hydrogens (tertiary/aromatic N) is 2. The summed E-state index contributed by atoms with van der Waals surface area (Å²) in [5.74, 6) is 0.529. The predicted octanol–water partition coefficient (Wildman–Crippen LogP) is 5.45. The van der Waals surface area contributed by atoms with E-state index in [0.29, 0.717) is 19.0 Å².